The Balaban J connectivity index is 2.59. The zero-order valence-electron chi connectivity index (χ0n) is 8.37. The predicted octanol–water partition coefficient (Wildman–Crippen LogP) is 4.13. The lowest BCUT2D eigenvalue weighted by molar-refractivity contribution is 0.471. The van der Waals surface area contributed by atoms with Gasteiger partial charge in [-0.3, -0.25) is 0 Å². The van der Waals surface area contributed by atoms with Crippen molar-refractivity contribution in [1.82, 2.24) is 0 Å². The van der Waals surface area contributed by atoms with E-state index in [2.05, 4.69) is 15.9 Å². The van der Waals surface area contributed by atoms with Gasteiger partial charge in [0.25, 0.3) is 0 Å². The van der Waals surface area contributed by atoms with E-state index in [4.69, 9.17) is 0 Å². The molecular formula is C13H11BrO. The fraction of sp³-hybridized carbons (Fsp3) is 0.0769. The minimum absolute atomic E-state index is 0.331. The average molecular weight is 263 g/mol. The van der Waals surface area contributed by atoms with Gasteiger partial charge in [-0.1, -0.05) is 46.3 Å². The second-order valence-corrected chi connectivity index (χ2v) is 4.34. The van der Waals surface area contributed by atoms with Crippen LogP contribution >= 0.6 is 15.9 Å². The predicted molar refractivity (Wildman–Crippen MR) is 66.0 cm³/mol. The van der Waals surface area contributed by atoms with Crippen LogP contribution in [0.1, 0.15) is 5.56 Å². The highest BCUT2D eigenvalue weighted by molar-refractivity contribution is 9.10. The van der Waals surface area contributed by atoms with Crippen LogP contribution < -0.4 is 0 Å². The Morgan fingerprint density at radius 3 is 2.40 bits per heavy atom. The number of rotatable bonds is 1. The highest BCUT2D eigenvalue weighted by Gasteiger charge is 2.06. The molecule has 0 fully saturated rings. The van der Waals surface area contributed by atoms with E-state index < -0.39 is 0 Å². The lowest BCUT2D eigenvalue weighted by Crippen LogP contribution is -1.82. The fourth-order valence-corrected chi connectivity index (χ4v) is 2.19. The largest absolute Gasteiger partial charge is 0.508 e. The molecule has 0 heterocycles. The first-order valence-electron chi connectivity index (χ1n) is 4.73. The molecule has 0 aliphatic carbocycles. The second kappa shape index (κ2) is 4.07. The molecule has 0 bridgehead atoms. The molecule has 0 amide bonds. The molecule has 0 atom stereocenters. The molecule has 0 saturated heterocycles. The Bertz CT molecular complexity index is 477. The lowest BCUT2D eigenvalue weighted by atomic mass is 10.0. The average Bonchev–Trinajstić information content (AvgIpc) is 2.25. The van der Waals surface area contributed by atoms with Gasteiger partial charge in [0, 0.05) is 4.47 Å². The molecular weight excluding hydrogens is 252 g/mol. The number of hydrogen-bond donors (Lipinski definition) is 1. The van der Waals surface area contributed by atoms with Gasteiger partial charge in [-0.05, 0) is 35.7 Å². The summed E-state index contributed by atoms with van der Waals surface area (Å²) in [5.41, 5.74) is 2.99. The number of phenols is 1. The van der Waals surface area contributed by atoms with Crippen molar-refractivity contribution in [3.63, 3.8) is 0 Å². The molecule has 15 heavy (non-hydrogen) atoms. The van der Waals surface area contributed by atoms with Crippen molar-refractivity contribution >= 4 is 15.9 Å². The van der Waals surface area contributed by atoms with Crippen LogP contribution in [0.4, 0.5) is 0 Å². The number of benzene rings is 2. The summed E-state index contributed by atoms with van der Waals surface area (Å²) in [5, 5.41) is 9.67. The molecule has 1 N–H and O–H groups in total. The third kappa shape index (κ3) is 2.05. The van der Waals surface area contributed by atoms with Crippen LogP contribution in [0.2, 0.25) is 0 Å². The van der Waals surface area contributed by atoms with Crippen LogP contribution in [0, 0.1) is 6.92 Å². The van der Waals surface area contributed by atoms with E-state index in [-0.39, 0.29) is 0 Å². The van der Waals surface area contributed by atoms with Gasteiger partial charge in [0.2, 0.25) is 0 Å². The van der Waals surface area contributed by atoms with Crippen LogP contribution in [-0.2, 0) is 0 Å². The zero-order chi connectivity index (χ0) is 10.8. The minimum Gasteiger partial charge on any atom is -0.508 e. The van der Waals surface area contributed by atoms with Crippen LogP contribution in [0.25, 0.3) is 11.1 Å². The van der Waals surface area contributed by atoms with E-state index in [9.17, 15) is 5.11 Å². The van der Waals surface area contributed by atoms with Crippen molar-refractivity contribution in [3.05, 3.63) is 52.5 Å². The van der Waals surface area contributed by atoms with Crippen molar-refractivity contribution in [1.29, 1.82) is 0 Å². The number of halogens is 1. The van der Waals surface area contributed by atoms with Crippen molar-refractivity contribution in [2.45, 2.75) is 6.92 Å². The quantitative estimate of drug-likeness (QED) is 0.820. The Kier molecular flexibility index (Phi) is 2.78. The summed E-state index contributed by atoms with van der Waals surface area (Å²) in [6.45, 7) is 1.88. The molecule has 2 aromatic carbocycles. The summed E-state index contributed by atoms with van der Waals surface area (Å²) < 4.78 is 1.00. The normalized spacial score (nSPS) is 10.3. The van der Waals surface area contributed by atoms with Crippen LogP contribution in [0.5, 0.6) is 5.75 Å². The molecule has 0 saturated carbocycles. The maximum atomic E-state index is 9.67. The summed E-state index contributed by atoms with van der Waals surface area (Å²) in [4.78, 5) is 0. The molecule has 2 aromatic rings. The highest BCUT2D eigenvalue weighted by atomic mass is 79.9. The third-order valence-electron chi connectivity index (χ3n) is 2.37. The Morgan fingerprint density at radius 1 is 1.07 bits per heavy atom. The number of aromatic hydroxyl groups is 1. The molecule has 0 aliphatic rings. The maximum absolute atomic E-state index is 9.67. The van der Waals surface area contributed by atoms with Gasteiger partial charge < -0.3 is 5.11 Å². The van der Waals surface area contributed by atoms with Gasteiger partial charge in [0.15, 0.2) is 0 Å². The number of phenolic OH excluding ortho intramolecular Hbond substituents is 1. The first-order chi connectivity index (χ1) is 7.18. The Labute approximate surface area is 97.5 Å². The molecule has 0 spiro atoms. The maximum Gasteiger partial charge on any atom is 0.119 e. The van der Waals surface area contributed by atoms with Gasteiger partial charge in [-0.15, -0.1) is 0 Å². The van der Waals surface area contributed by atoms with E-state index in [1.165, 1.54) is 0 Å². The van der Waals surface area contributed by atoms with Gasteiger partial charge >= 0.3 is 0 Å². The molecule has 0 radical (unpaired) electrons. The van der Waals surface area contributed by atoms with Gasteiger partial charge in [0.1, 0.15) is 5.75 Å². The highest BCUT2D eigenvalue weighted by Crippen LogP contribution is 2.33. The van der Waals surface area contributed by atoms with E-state index >= 15 is 0 Å². The van der Waals surface area contributed by atoms with Crippen molar-refractivity contribution in [2.24, 2.45) is 0 Å². The molecule has 0 unspecified atom stereocenters. The van der Waals surface area contributed by atoms with Gasteiger partial charge in [-0.2, -0.15) is 0 Å². The third-order valence-corrected chi connectivity index (χ3v) is 3.03. The van der Waals surface area contributed by atoms with E-state index in [1.807, 2.05) is 43.3 Å². The molecule has 1 nitrogen and oxygen atoms in total. The van der Waals surface area contributed by atoms with Crippen LogP contribution in [0.3, 0.4) is 0 Å². The lowest BCUT2D eigenvalue weighted by Gasteiger charge is -2.07. The van der Waals surface area contributed by atoms with E-state index in [0.717, 1.165) is 21.2 Å². The number of hydrogen-bond acceptors (Lipinski definition) is 1. The Hall–Kier alpha value is -1.28. The van der Waals surface area contributed by atoms with Crippen molar-refractivity contribution in [2.75, 3.05) is 0 Å². The molecule has 0 aromatic heterocycles. The second-order valence-electron chi connectivity index (χ2n) is 3.48. The van der Waals surface area contributed by atoms with Gasteiger partial charge in [0.05, 0.1) is 0 Å². The summed E-state index contributed by atoms with van der Waals surface area (Å²) in [6, 6.07) is 13.7. The molecule has 2 rings (SSSR count). The topological polar surface area (TPSA) is 20.2 Å². The van der Waals surface area contributed by atoms with E-state index in [1.54, 1.807) is 6.07 Å². The van der Waals surface area contributed by atoms with Gasteiger partial charge in [-0.25, -0.2) is 0 Å². The first-order valence-corrected chi connectivity index (χ1v) is 5.52. The van der Waals surface area contributed by atoms with Crippen molar-refractivity contribution < 1.29 is 5.11 Å². The van der Waals surface area contributed by atoms with Crippen molar-refractivity contribution in [3.8, 4) is 16.9 Å². The van der Waals surface area contributed by atoms with Crippen LogP contribution in [0.15, 0.2) is 46.9 Å². The fourth-order valence-electron chi connectivity index (χ4n) is 1.50. The van der Waals surface area contributed by atoms with E-state index in [0.29, 0.717) is 5.75 Å². The minimum atomic E-state index is 0.331. The first kappa shape index (κ1) is 10.2. The summed E-state index contributed by atoms with van der Waals surface area (Å²) in [5.74, 6) is 0.331. The zero-order valence-corrected chi connectivity index (χ0v) is 9.95. The molecule has 76 valence electrons. The summed E-state index contributed by atoms with van der Waals surface area (Å²) >= 11 is 3.51. The Morgan fingerprint density at radius 2 is 1.73 bits per heavy atom. The summed E-state index contributed by atoms with van der Waals surface area (Å²) in [6.07, 6.45) is 0. The SMILES string of the molecule is Cc1cc(Br)c(-c2ccccc2)cc1O. The smallest absolute Gasteiger partial charge is 0.119 e. The van der Waals surface area contributed by atoms with Crippen LogP contribution in [-0.4, -0.2) is 5.11 Å². The molecule has 0 aliphatic heterocycles. The monoisotopic (exact) mass is 262 g/mol. The number of aryl methyl sites for hydroxylation is 1. The summed E-state index contributed by atoms with van der Waals surface area (Å²) in [7, 11) is 0. The standard InChI is InChI=1S/C13H11BrO/c1-9-7-12(14)11(8-13(9)15)10-5-3-2-4-6-10/h2-8,15H,1H3. The molecule has 2 heteroatoms.